The van der Waals surface area contributed by atoms with E-state index < -0.39 is 0 Å². The van der Waals surface area contributed by atoms with E-state index in [-0.39, 0.29) is 0 Å². The number of hydrogen-bond donors (Lipinski definition) is 0. The lowest BCUT2D eigenvalue weighted by molar-refractivity contribution is 1.19. The van der Waals surface area contributed by atoms with Gasteiger partial charge in [0.05, 0.1) is 17.1 Å². The van der Waals surface area contributed by atoms with E-state index in [0.717, 1.165) is 39.4 Å². The summed E-state index contributed by atoms with van der Waals surface area (Å²) < 4.78 is 0. The van der Waals surface area contributed by atoms with Gasteiger partial charge in [0.1, 0.15) is 0 Å². The SMILES string of the molecule is C=C/C=C\C(=NC)c1ccc(-c2nc(-c3cc4ccccc4c4ccccc34)cc(-c3cc4ccccc4c4ccccc34)n2)cc1. The van der Waals surface area contributed by atoms with Crippen molar-refractivity contribution in [3.05, 3.63) is 170 Å². The Balaban J connectivity index is 1.40. The molecule has 0 radical (unpaired) electrons. The van der Waals surface area contributed by atoms with E-state index in [4.69, 9.17) is 9.97 Å². The number of benzene rings is 7. The summed E-state index contributed by atoms with van der Waals surface area (Å²) >= 11 is 0. The average molecular weight is 602 g/mol. The maximum Gasteiger partial charge on any atom is 0.160 e. The molecule has 8 aromatic rings. The van der Waals surface area contributed by atoms with Gasteiger partial charge in [0.15, 0.2) is 5.82 Å². The largest absolute Gasteiger partial charge is 0.288 e. The van der Waals surface area contributed by atoms with Crippen molar-refractivity contribution in [2.24, 2.45) is 4.99 Å². The number of hydrogen-bond acceptors (Lipinski definition) is 3. The minimum Gasteiger partial charge on any atom is -0.288 e. The van der Waals surface area contributed by atoms with Gasteiger partial charge in [-0.2, -0.15) is 0 Å². The third kappa shape index (κ3) is 5.08. The van der Waals surface area contributed by atoms with Crippen LogP contribution in [-0.2, 0) is 0 Å². The molecule has 0 spiro atoms. The predicted octanol–water partition coefficient (Wildman–Crippen LogP) is 11.3. The minimum atomic E-state index is 0.676. The van der Waals surface area contributed by atoms with E-state index in [1.54, 1.807) is 13.1 Å². The zero-order chi connectivity index (χ0) is 31.7. The minimum absolute atomic E-state index is 0.676. The molecule has 222 valence electrons. The molecule has 0 fully saturated rings. The van der Waals surface area contributed by atoms with Gasteiger partial charge in [-0.3, -0.25) is 4.99 Å². The lowest BCUT2D eigenvalue weighted by atomic mass is 9.93. The summed E-state index contributed by atoms with van der Waals surface area (Å²) in [6.45, 7) is 3.79. The number of allylic oxidation sites excluding steroid dienone is 3. The monoisotopic (exact) mass is 601 g/mol. The second kappa shape index (κ2) is 12.0. The zero-order valence-corrected chi connectivity index (χ0v) is 26.1. The third-order valence-electron chi connectivity index (χ3n) is 8.88. The summed E-state index contributed by atoms with van der Waals surface area (Å²) in [4.78, 5) is 15.0. The number of aliphatic imine (C=N–C) groups is 1. The van der Waals surface area contributed by atoms with Crippen LogP contribution in [0.4, 0.5) is 0 Å². The van der Waals surface area contributed by atoms with E-state index in [2.05, 4.69) is 151 Å². The Kier molecular flexibility index (Phi) is 7.20. The molecule has 3 heteroatoms. The van der Waals surface area contributed by atoms with E-state index in [9.17, 15) is 0 Å². The van der Waals surface area contributed by atoms with Crippen LogP contribution in [0.2, 0.25) is 0 Å². The molecular weight excluding hydrogens is 571 g/mol. The summed E-state index contributed by atoms with van der Waals surface area (Å²) in [5.74, 6) is 0.676. The Hall–Kier alpha value is -6.19. The number of aromatic nitrogens is 2. The van der Waals surface area contributed by atoms with Crippen LogP contribution in [0.1, 0.15) is 5.56 Å². The highest BCUT2D eigenvalue weighted by molar-refractivity contribution is 6.15. The number of nitrogens with zero attached hydrogens (tertiary/aromatic N) is 3. The fraction of sp³-hybridized carbons (Fsp3) is 0.0227. The summed E-state index contributed by atoms with van der Waals surface area (Å²) in [5.41, 5.74) is 6.79. The van der Waals surface area contributed by atoms with Crippen molar-refractivity contribution >= 4 is 48.8 Å². The highest BCUT2D eigenvalue weighted by Crippen LogP contribution is 2.39. The molecule has 3 nitrogen and oxygen atoms in total. The molecule has 0 bridgehead atoms. The van der Waals surface area contributed by atoms with E-state index in [1.165, 1.54) is 43.1 Å². The van der Waals surface area contributed by atoms with Crippen LogP contribution in [-0.4, -0.2) is 22.7 Å². The summed E-state index contributed by atoms with van der Waals surface area (Å²) in [6, 6.07) is 49.4. The molecule has 0 aliphatic rings. The van der Waals surface area contributed by atoms with E-state index in [0.29, 0.717) is 5.82 Å². The Morgan fingerprint density at radius 3 is 1.51 bits per heavy atom. The fourth-order valence-corrected chi connectivity index (χ4v) is 6.63. The first-order valence-electron chi connectivity index (χ1n) is 15.8. The van der Waals surface area contributed by atoms with Crippen molar-refractivity contribution < 1.29 is 0 Å². The molecule has 0 saturated carbocycles. The van der Waals surface area contributed by atoms with Gasteiger partial charge in [-0.25, -0.2) is 9.97 Å². The van der Waals surface area contributed by atoms with Crippen LogP contribution in [0, 0.1) is 0 Å². The van der Waals surface area contributed by atoms with Gasteiger partial charge >= 0.3 is 0 Å². The fourth-order valence-electron chi connectivity index (χ4n) is 6.63. The molecule has 8 rings (SSSR count). The molecule has 1 heterocycles. The van der Waals surface area contributed by atoms with Crippen molar-refractivity contribution in [3.8, 4) is 33.9 Å². The molecule has 0 unspecified atom stereocenters. The van der Waals surface area contributed by atoms with Crippen LogP contribution in [0.3, 0.4) is 0 Å². The molecule has 0 N–H and O–H groups in total. The van der Waals surface area contributed by atoms with Crippen LogP contribution in [0.5, 0.6) is 0 Å². The molecule has 0 saturated heterocycles. The van der Waals surface area contributed by atoms with Crippen molar-refractivity contribution in [2.75, 3.05) is 7.05 Å². The van der Waals surface area contributed by atoms with Gasteiger partial charge in [0, 0.05) is 23.7 Å². The van der Waals surface area contributed by atoms with Crippen molar-refractivity contribution in [2.45, 2.75) is 0 Å². The highest BCUT2D eigenvalue weighted by atomic mass is 14.9. The topological polar surface area (TPSA) is 38.1 Å². The van der Waals surface area contributed by atoms with Crippen LogP contribution >= 0.6 is 0 Å². The summed E-state index contributed by atoms with van der Waals surface area (Å²) in [6.07, 6.45) is 5.62. The Labute approximate surface area is 273 Å². The van der Waals surface area contributed by atoms with Crippen LogP contribution in [0.25, 0.3) is 77.0 Å². The van der Waals surface area contributed by atoms with Crippen LogP contribution < -0.4 is 0 Å². The van der Waals surface area contributed by atoms with Gasteiger partial charge < -0.3 is 0 Å². The van der Waals surface area contributed by atoms with Crippen molar-refractivity contribution in [1.29, 1.82) is 0 Å². The summed E-state index contributed by atoms with van der Waals surface area (Å²) in [5, 5.41) is 9.58. The van der Waals surface area contributed by atoms with Crippen LogP contribution in [0.15, 0.2) is 169 Å². The summed E-state index contributed by atoms with van der Waals surface area (Å²) in [7, 11) is 1.80. The van der Waals surface area contributed by atoms with Gasteiger partial charge in [-0.1, -0.05) is 140 Å². The standard InChI is InChI=1S/C44H31N3/c1-3-4-21-41(45-2)29-22-24-30(25-23-29)44-46-42(39-26-31-13-5-7-15-33(31)35-17-9-11-19-37(35)39)28-43(47-44)40-27-32-14-6-8-16-34(32)36-18-10-12-20-38(36)40/h3-28H,1H2,2H3/b21-4-,45-41?. The molecule has 0 atom stereocenters. The predicted molar refractivity (Wildman–Crippen MR) is 200 cm³/mol. The second-order valence-corrected chi connectivity index (χ2v) is 11.6. The normalized spacial score (nSPS) is 12.1. The third-order valence-corrected chi connectivity index (χ3v) is 8.88. The second-order valence-electron chi connectivity index (χ2n) is 11.6. The van der Waals surface area contributed by atoms with Gasteiger partial charge in [0.25, 0.3) is 0 Å². The van der Waals surface area contributed by atoms with Crippen molar-refractivity contribution in [3.63, 3.8) is 0 Å². The molecule has 47 heavy (non-hydrogen) atoms. The number of rotatable bonds is 6. The molecule has 0 aliphatic heterocycles. The zero-order valence-electron chi connectivity index (χ0n) is 26.1. The molecule has 7 aromatic carbocycles. The Bertz CT molecular complexity index is 2400. The Morgan fingerprint density at radius 2 is 1.02 bits per heavy atom. The highest BCUT2D eigenvalue weighted by Gasteiger charge is 2.17. The maximum atomic E-state index is 5.27. The first-order chi connectivity index (χ1) is 23.2. The van der Waals surface area contributed by atoms with E-state index in [1.807, 2.05) is 12.2 Å². The van der Waals surface area contributed by atoms with Gasteiger partial charge in [-0.15, -0.1) is 0 Å². The number of fused-ring (bicyclic) bond motifs is 6. The van der Waals surface area contributed by atoms with Crippen molar-refractivity contribution in [1.82, 2.24) is 9.97 Å². The average Bonchev–Trinajstić information content (AvgIpc) is 3.14. The molecular formula is C44H31N3. The first-order valence-corrected chi connectivity index (χ1v) is 15.8. The molecule has 0 amide bonds. The Morgan fingerprint density at radius 1 is 0.553 bits per heavy atom. The molecule has 0 aliphatic carbocycles. The maximum absolute atomic E-state index is 5.27. The van der Waals surface area contributed by atoms with E-state index >= 15 is 0 Å². The molecule has 1 aromatic heterocycles. The lowest BCUT2D eigenvalue weighted by Gasteiger charge is -2.15. The van der Waals surface area contributed by atoms with Gasteiger partial charge in [0.2, 0.25) is 0 Å². The smallest absolute Gasteiger partial charge is 0.160 e. The first kappa shape index (κ1) is 28.3. The quantitative estimate of drug-likeness (QED) is 0.108. The van der Waals surface area contributed by atoms with Gasteiger partial charge in [-0.05, 0) is 72.9 Å². The lowest BCUT2D eigenvalue weighted by Crippen LogP contribution is -1.99.